The topological polar surface area (TPSA) is 16.6 Å². The van der Waals surface area contributed by atoms with E-state index in [-0.39, 0.29) is 6.54 Å². The van der Waals surface area contributed by atoms with E-state index in [1.807, 2.05) is 6.92 Å². The highest BCUT2D eigenvalue weighted by Crippen LogP contribution is 2.01. The van der Waals surface area contributed by atoms with Gasteiger partial charge in [0.05, 0.1) is 6.54 Å². The molecular formula is C5H11F3N+. The van der Waals surface area contributed by atoms with Gasteiger partial charge in [0.15, 0.2) is 0 Å². The Morgan fingerprint density at radius 1 is 1.33 bits per heavy atom. The van der Waals surface area contributed by atoms with Gasteiger partial charge < -0.3 is 0 Å². The molecule has 0 atom stereocenters. The minimum absolute atomic E-state index is 0.153. The zero-order valence-electron chi connectivity index (χ0n) is 5.33. The standard InChI is InChI=1S/C5H10F3N/c1-2-3-4-9-5(6,7)8/h9H,2-4H2,1H3/p+1. The maximum atomic E-state index is 11.3. The zero-order chi connectivity index (χ0) is 7.33. The van der Waals surface area contributed by atoms with E-state index >= 15 is 0 Å². The molecule has 0 aliphatic heterocycles. The summed E-state index contributed by atoms with van der Waals surface area (Å²) in [5.41, 5.74) is 0. The van der Waals surface area contributed by atoms with E-state index in [0.717, 1.165) is 6.42 Å². The molecule has 0 saturated carbocycles. The zero-order valence-corrected chi connectivity index (χ0v) is 5.33. The molecular weight excluding hydrogens is 131 g/mol. The van der Waals surface area contributed by atoms with Crippen LogP contribution in [0.4, 0.5) is 13.2 Å². The molecule has 0 unspecified atom stereocenters. The second-order valence-corrected chi connectivity index (χ2v) is 1.89. The average Bonchev–Trinajstić information content (AvgIpc) is 1.63. The van der Waals surface area contributed by atoms with Crippen molar-refractivity contribution in [1.29, 1.82) is 0 Å². The second kappa shape index (κ2) is 3.71. The SMILES string of the molecule is CCCC[NH2+]C(F)(F)F. The molecule has 0 bridgehead atoms. The minimum atomic E-state index is -4.07. The summed E-state index contributed by atoms with van der Waals surface area (Å²) < 4.78 is 34.0. The van der Waals surface area contributed by atoms with Gasteiger partial charge in [0.2, 0.25) is 0 Å². The fourth-order valence-electron chi connectivity index (χ4n) is 0.470. The van der Waals surface area contributed by atoms with Crippen molar-refractivity contribution < 1.29 is 18.5 Å². The Morgan fingerprint density at radius 3 is 2.22 bits per heavy atom. The first-order chi connectivity index (χ1) is 4.06. The van der Waals surface area contributed by atoms with E-state index < -0.39 is 6.30 Å². The van der Waals surface area contributed by atoms with Crippen LogP contribution in [0.3, 0.4) is 0 Å². The number of halogens is 3. The van der Waals surface area contributed by atoms with Gasteiger partial charge in [-0.1, -0.05) is 13.3 Å². The molecule has 0 heterocycles. The number of hydrogen-bond donors (Lipinski definition) is 1. The third-order valence-corrected chi connectivity index (χ3v) is 0.933. The van der Waals surface area contributed by atoms with E-state index in [1.165, 1.54) is 0 Å². The van der Waals surface area contributed by atoms with Gasteiger partial charge in [-0.2, -0.15) is 0 Å². The molecule has 0 radical (unpaired) electrons. The summed E-state index contributed by atoms with van der Waals surface area (Å²) in [6.07, 6.45) is -2.64. The lowest BCUT2D eigenvalue weighted by Crippen LogP contribution is -2.92. The number of unbranched alkanes of at least 4 members (excludes halogenated alkanes) is 1. The molecule has 1 nitrogen and oxygen atoms in total. The number of nitrogens with two attached hydrogens (primary N) is 1. The van der Waals surface area contributed by atoms with Gasteiger partial charge in [-0.05, 0) is 6.42 Å². The van der Waals surface area contributed by atoms with Crippen LogP contribution in [0.2, 0.25) is 0 Å². The monoisotopic (exact) mass is 142 g/mol. The normalized spacial score (nSPS) is 12.0. The summed E-state index contributed by atoms with van der Waals surface area (Å²) in [4.78, 5) is 0. The van der Waals surface area contributed by atoms with Crippen LogP contribution in [0.15, 0.2) is 0 Å². The second-order valence-electron chi connectivity index (χ2n) is 1.89. The number of quaternary nitrogens is 1. The summed E-state index contributed by atoms with van der Waals surface area (Å²) >= 11 is 0. The van der Waals surface area contributed by atoms with Gasteiger partial charge in [-0.15, -0.1) is 13.2 Å². The van der Waals surface area contributed by atoms with Crippen LogP contribution >= 0.6 is 0 Å². The summed E-state index contributed by atoms with van der Waals surface area (Å²) in [5, 5.41) is 0.399. The van der Waals surface area contributed by atoms with Crippen molar-refractivity contribution in [2.24, 2.45) is 0 Å². The Kier molecular flexibility index (Phi) is 3.61. The van der Waals surface area contributed by atoms with E-state index in [2.05, 4.69) is 0 Å². The smallest absolute Gasteiger partial charge is 0.253 e. The fourth-order valence-corrected chi connectivity index (χ4v) is 0.470. The fraction of sp³-hybridized carbons (Fsp3) is 1.00. The molecule has 0 aliphatic carbocycles. The largest absolute Gasteiger partial charge is 0.557 e. The minimum Gasteiger partial charge on any atom is -0.253 e. The molecule has 0 spiro atoms. The maximum absolute atomic E-state index is 11.3. The van der Waals surface area contributed by atoms with Gasteiger partial charge >= 0.3 is 6.30 Å². The first-order valence-corrected chi connectivity index (χ1v) is 2.97. The van der Waals surface area contributed by atoms with Crippen molar-refractivity contribution in [2.45, 2.75) is 26.1 Å². The van der Waals surface area contributed by atoms with Gasteiger partial charge in [0.25, 0.3) is 0 Å². The van der Waals surface area contributed by atoms with Gasteiger partial charge in [0, 0.05) is 0 Å². The Bertz CT molecular complexity index is 69.1. The summed E-state index contributed by atoms with van der Waals surface area (Å²) in [5.74, 6) is 0. The van der Waals surface area contributed by atoms with Gasteiger partial charge in [0.1, 0.15) is 0 Å². The van der Waals surface area contributed by atoms with Crippen LogP contribution in [0.5, 0.6) is 0 Å². The van der Waals surface area contributed by atoms with Gasteiger partial charge in [-0.3, -0.25) is 5.32 Å². The van der Waals surface area contributed by atoms with Crippen LogP contribution in [0.1, 0.15) is 19.8 Å². The lowest BCUT2D eigenvalue weighted by atomic mass is 10.3. The molecule has 2 N–H and O–H groups in total. The first kappa shape index (κ1) is 8.75. The summed E-state index contributed by atoms with van der Waals surface area (Å²) in [7, 11) is 0. The van der Waals surface area contributed by atoms with Crippen LogP contribution in [0, 0.1) is 0 Å². The molecule has 0 amide bonds. The number of hydrogen-bond acceptors (Lipinski definition) is 0. The average molecular weight is 142 g/mol. The predicted octanol–water partition coefficient (Wildman–Crippen LogP) is 0.870. The van der Waals surface area contributed by atoms with E-state index in [1.54, 1.807) is 0 Å². The third kappa shape index (κ3) is 7.75. The Hall–Kier alpha value is -0.250. The Balaban J connectivity index is 3.07. The molecule has 0 aromatic heterocycles. The van der Waals surface area contributed by atoms with Crippen molar-refractivity contribution in [3.8, 4) is 0 Å². The molecule has 9 heavy (non-hydrogen) atoms. The molecule has 0 fully saturated rings. The Morgan fingerprint density at radius 2 is 1.89 bits per heavy atom. The van der Waals surface area contributed by atoms with Crippen molar-refractivity contribution in [1.82, 2.24) is 0 Å². The maximum Gasteiger partial charge on any atom is 0.557 e. The highest BCUT2D eigenvalue weighted by molar-refractivity contribution is 4.26. The summed E-state index contributed by atoms with van der Waals surface area (Å²) in [6, 6.07) is 0. The van der Waals surface area contributed by atoms with Crippen LogP contribution in [0.25, 0.3) is 0 Å². The molecule has 0 aromatic carbocycles. The molecule has 56 valence electrons. The van der Waals surface area contributed by atoms with Crippen LogP contribution in [-0.2, 0) is 0 Å². The van der Waals surface area contributed by atoms with Crippen LogP contribution in [-0.4, -0.2) is 12.8 Å². The first-order valence-electron chi connectivity index (χ1n) is 2.97. The third-order valence-electron chi connectivity index (χ3n) is 0.933. The van der Waals surface area contributed by atoms with Crippen molar-refractivity contribution in [3.63, 3.8) is 0 Å². The highest BCUT2D eigenvalue weighted by Gasteiger charge is 2.31. The molecule has 0 rings (SSSR count). The number of alkyl halides is 3. The van der Waals surface area contributed by atoms with Crippen molar-refractivity contribution in [2.75, 3.05) is 6.54 Å². The summed E-state index contributed by atoms with van der Waals surface area (Å²) in [6.45, 7) is 2.02. The lowest BCUT2D eigenvalue weighted by Gasteiger charge is -2.01. The molecule has 0 saturated heterocycles. The van der Waals surface area contributed by atoms with E-state index in [9.17, 15) is 13.2 Å². The highest BCUT2D eigenvalue weighted by atomic mass is 19.4. The molecule has 0 aromatic rings. The number of rotatable bonds is 3. The van der Waals surface area contributed by atoms with Crippen molar-refractivity contribution in [3.05, 3.63) is 0 Å². The molecule has 0 aliphatic rings. The van der Waals surface area contributed by atoms with Crippen molar-refractivity contribution >= 4 is 0 Å². The lowest BCUT2D eigenvalue weighted by molar-refractivity contribution is -0.812. The van der Waals surface area contributed by atoms with E-state index in [4.69, 9.17) is 0 Å². The Labute approximate surface area is 52.2 Å². The van der Waals surface area contributed by atoms with E-state index in [0.29, 0.717) is 11.7 Å². The quantitative estimate of drug-likeness (QED) is 0.444. The van der Waals surface area contributed by atoms with Crippen LogP contribution < -0.4 is 5.32 Å². The molecule has 4 heteroatoms. The van der Waals surface area contributed by atoms with Gasteiger partial charge in [-0.25, -0.2) is 0 Å². The predicted molar refractivity (Wildman–Crippen MR) is 27.8 cm³/mol.